The fraction of sp³-hybridized carbons (Fsp3) is 0.273. The third-order valence-electron chi connectivity index (χ3n) is 5.76. The van der Waals surface area contributed by atoms with Crippen molar-refractivity contribution in [1.82, 2.24) is 33.4 Å². The Hall–Kier alpha value is -3.59. The van der Waals surface area contributed by atoms with Crippen LogP contribution in [0.1, 0.15) is 18.9 Å². The summed E-state index contributed by atoms with van der Waals surface area (Å²) in [7, 11) is 3.36. The predicted octanol–water partition coefficient (Wildman–Crippen LogP) is 2.89. The van der Waals surface area contributed by atoms with Crippen LogP contribution >= 0.6 is 11.6 Å². The zero-order chi connectivity index (χ0) is 22.6. The molecule has 9 nitrogen and oxygen atoms in total. The van der Waals surface area contributed by atoms with Gasteiger partial charge in [0.25, 0.3) is 5.56 Å². The zero-order valence-corrected chi connectivity index (χ0v) is 18.7. The number of halogens is 1. The largest absolute Gasteiger partial charge is 0.361 e. The molecule has 164 valence electrons. The Labute approximate surface area is 187 Å². The highest BCUT2D eigenvalue weighted by atomic mass is 35.5. The summed E-state index contributed by atoms with van der Waals surface area (Å²) >= 11 is 6.23. The molecule has 0 fully saturated rings. The number of imidazole rings is 1. The minimum atomic E-state index is -0.386. The van der Waals surface area contributed by atoms with Crippen LogP contribution in [0.4, 0.5) is 0 Å². The van der Waals surface area contributed by atoms with Crippen LogP contribution in [0.25, 0.3) is 33.5 Å². The summed E-state index contributed by atoms with van der Waals surface area (Å²) < 4.78 is 6.30. The van der Waals surface area contributed by atoms with Gasteiger partial charge < -0.3 is 9.55 Å². The van der Waals surface area contributed by atoms with Crippen molar-refractivity contribution >= 4 is 33.5 Å². The highest BCUT2D eigenvalue weighted by Gasteiger charge is 2.24. The zero-order valence-electron chi connectivity index (χ0n) is 18.0. The standard InChI is InChI=1S/C22H22ClN7O2/c1-4-8-29-19-17(21(31)28(3)22(29)32)18(20-24-7-9-27(20)2)30(26-19)12-13-11-25-16-6-5-14(23)10-15(13)16/h5-7,9-11,25H,4,8,12H2,1-3H3. The highest BCUT2D eigenvalue weighted by Crippen LogP contribution is 2.28. The number of nitrogens with zero attached hydrogens (tertiary/aromatic N) is 6. The first-order valence-electron chi connectivity index (χ1n) is 10.3. The first-order valence-corrected chi connectivity index (χ1v) is 10.7. The Balaban J connectivity index is 1.84. The number of nitrogens with one attached hydrogen (secondary N) is 1. The van der Waals surface area contributed by atoms with Gasteiger partial charge in [0, 0.05) is 55.2 Å². The van der Waals surface area contributed by atoms with Crippen molar-refractivity contribution in [2.75, 3.05) is 0 Å². The van der Waals surface area contributed by atoms with Gasteiger partial charge in [-0.25, -0.2) is 9.78 Å². The van der Waals surface area contributed by atoms with Gasteiger partial charge in [0.05, 0.1) is 6.54 Å². The van der Waals surface area contributed by atoms with Crippen LogP contribution in [0.2, 0.25) is 5.02 Å². The van der Waals surface area contributed by atoms with E-state index in [1.54, 1.807) is 15.4 Å². The van der Waals surface area contributed by atoms with E-state index in [2.05, 4.69) is 9.97 Å². The number of aromatic nitrogens is 7. The molecule has 4 aromatic heterocycles. The maximum Gasteiger partial charge on any atom is 0.332 e. The van der Waals surface area contributed by atoms with E-state index in [1.165, 1.54) is 7.05 Å². The van der Waals surface area contributed by atoms with Gasteiger partial charge in [0.15, 0.2) is 11.5 Å². The molecule has 0 aliphatic rings. The SMILES string of the molecule is CCCn1c(=O)n(C)c(=O)c2c(-c3nccn3C)n(Cc3c[nH]c4ccc(Cl)cc34)nc21. The van der Waals surface area contributed by atoms with E-state index >= 15 is 0 Å². The molecule has 0 radical (unpaired) electrons. The molecule has 32 heavy (non-hydrogen) atoms. The number of aryl methyl sites for hydroxylation is 2. The van der Waals surface area contributed by atoms with Crippen molar-refractivity contribution < 1.29 is 0 Å². The van der Waals surface area contributed by atoms with Crippen LogP contribution < -0.4 is 11.2 Å². The smallest absolute Gasteiger partial charge is 0.332 e. The van der Waals surface area contributed by atoms with Gasteiger partial charge in [-0.2, -0.15) is 5.10 Å². The third-order valence-corrected chi connectivity index (χ3v) is 5.99. The fourth-order valence-electron chi connectivity index (χ4n) is 4.16. The van der Waals surface area contributed by atoms with E-state index < -0.39 is 0 Å². The maximum atomic E-state index is 13.2. The van der Waals surface area contributed by atoms with E-state index in [0.29, 0.717) is 40.7 Å². The Morgan fingerprint density at radius 3 is 2.72 bits per heavy atom. The summed E-state index contributed by atoms with van der Waals surface area (Å²) in [6.07, 6.45) is 6.14. The first-order chi connectivity index (χ1) is 15.4. The molecule has 0 atom stereocenters. The topological polar surface area (TPSA) is 95.4 Å². The number of benzene rings is 1. The Morgan fingerprint density at radius 1 is 1.19 bits per heavy atom. The van der Waals surface area contributed by atoms with Crippen LogP contribution in [0.15, 0.2) is 46.4 Å². The van der Waals surface area contributed by atoms with Crippen LogP contribution in [-0.2, 0) is 27.2 Å². The minimum absolute atomic E-state index is 0.371. The van der Waals surface area contributed by atoms with Crippen molar-refractivity contribution in [3.05, 3.63) is 68.2 Å². The lowest BCUT2D eigenvalue weighted by Crippen LogP contribution is -2.38. The van der Waals surface area contributed by atoms with Crippen molar-refractivity contribution in [3.8, 4) is 11.5 Å². The molecule has 1 N–H and O–H groups in total. The molecule has 5 aromatic rings. The number of hydrogen-bond donors (Lipinski definition) is 1. The molecule has 5 rings (SSSR count). The summed E-state index contributed by atoms with van der Waals surface area (Å²) in [6, 6.07) is 5.66. The van der Waals surface area contributed by atoms with Crippen molar-refractivity contribution in [2.24, 2.45) is 14.1 Å². The van der Waals surface area contributed by atoms with E-state index in [-0.39, 0.29) is 11.2 Å². The normalized spacial score (nSPS) is 11.8. The second-order valence-corrected chi connectivity index (χ2v) is 8.31. The Morgan fingerprint density at radius 2 is 2.00 bits per heavy atom. The average molecular weight is 452 g/mol. The van der Waals surface area contributed by atoms with E-state index in [4.69, 9.17) is 16.7 Å². The monoisotopic (exact) mass is 451 g/mol. The summed E-state index contributed by atoms with van der Waals surface area (Å²) in [4.78, 5) is 33.8. The second kappa shape index (κ2) is 7.52. The van der Waals surface area contributed by atoms with Crippen LogP contribution in [0.3, 0.4) is 0 Å². The molecule has 0 bridgehead atoms. The summed E-state index contributed by atoms with van der Waals surface area (Å²) in [5.74, 6) is 0.601. The molecule has 4 heterocycles. The fourth-order valence-corrected chi connectivity index (χ4v) is 4.34. The van der Waals surface area contributed by atoms with Crippen molar-refractivity contribution in [2.45, 2.75) is 26.4 Å². The van der Waals surface area contributed by atoms with Crippen molar-refractivity contribution in [3.63, 3.8) is 0 Å². The lowest BCUT2D eigenvalue weighted by atomic mass is 10.1. The molecular weight excluding hydrogens is 430 g/mol. The van der Waals surface area contributed by atoms with Gasteiger partial charge in [0.1, 0.15) is 11.1 Å². The van der Waals surface area contributed by atoms with E-state index in [0.717, 1.165) is 27.5 Å². The van der Waals surface area contributed by atoms with Gasteiger partial charge in [-0.15, -0.1) is 0 Å². The molecule has 10 heteroatoms. The molecule has 0 saturated carbocycles. The lowest BCUT2D eigenvalue weighted by Gasteiger charge is -2.08. The number of H-pyrrole nitrogens is 1. The molecule has 0 unspecified atom stereocenters. The lowest BCUT2D eigenvalue weighted by molar-refractivity contribution is 0.602. The van der Waals surface area contributed by atoms with Gasteiger partial charge in [-0.1, -0.05) is 18.5 Å². The van der Waals surface area contributed by atoms with Crippen molar-refractivity contribution in [1.29, 1.82) is 0 Å². The quantitative estimate of drug-likeness (QED) is 0.444. The Kier molecular flexibility index (Phi) is 4.78. The van der Waals surface area contributed by atoms with Gasteiger partial charge >= 0.3 is 5.69 Å². The van der Waals surface area contributed by atoms with Crippen LogP contribution in [0, 0.1) is 0 Å². The summed E-state index contributed by atoms with van der Waals surface area (Å²) in [5.41, 5.74) is 2.11. The maximum absolute atomic E-state index is 13.2. The van der Waals surface area contributed by atoms with E-state index in [9.17, 15) is 9.59 Å². The number of hydrogen-bond acceptors (Lipinski definition) is 4. The predicted molar refractivity (Wildman–Crippen MR) is 124 cm³/mol. The Bertz CT molecular complexity index is 1600. The van der Waals surface area contributed by atoms with Gasteiger partial charge in [-0.3, -0.25) is 18.6 Å². The summed E-state index contributed by atoms with van der Waals surface area (Å²) in [5, 5.41) is 6.76. The summed E-state index contributed by atoms with van der Waals surface area (Å²) in [6.45, 7) is 2.82. The molecule has 0 aliphatic heterocycles. The average Bonchev–Trinajstić information content (AvgIpc) is 3.47. The molecule has 0 saturated heterocycles. The highest BCUT2D eigenvalue weighted by molar-refractivity contribution is 6.31. The van der Waals surface area contributed by atoms with Crippen LogP contribution in [-0.4, -0.2) is 33.4 Å². The van der Waals surface area contributed by atoms with E-state index in [1.807, 2.05) is 49.1 Å². The number of rotatable bonds is 5. The second-order valence-electron chi connectivity index (χ2n) is 7.87. The first kappa shape index (κ1) is 20.3. The number of fused-ring (bicyclic) bond motifs is 2. The van der Waals surface area contributed by atoms with Gasteiger partial charge in [0.2, 0.25) is 0 Å². The molecule has 1 aromatic carbocycles. The molecule has 0 amide bonds. The minimum Gasteiger partial charge on any atom is -0.361 e. The number of aromatic amines is 1. The molecular formula is C22H22ClN7O2. The molecule has 0 spiro atoms. The third kappa shape index (κ3) is 3.00. The van der Waals surface area contributed by atoms with Crippen LogP contribution in [0.5, 0.6) is 0 Å². The van der Waals surface area contributed by atoms with Gasteiger partial charge in [-0.05, 0) is 30.2 Å². The molecule has 0 aliphatic carbocycles.